The molecule has 1 atom stereocenters. The summed E-state index contributed by atoms with van der Waals surface area (Å²) in [6.45, 7) is 0.152. The van der Waals surface area contributed by atoms with Crippen LogP contribution in [-0.2, 0) is 25.7 Å². The molecular weight excluding hydrogens is 561 g/mol. The zero-order valence-corrected chi connectivity index (χ0v) is 20.8. The summed E-state index contributed by atoms with van der Waals surface area (Å²) >= 11 is 7.04. The molecule has 0 unspecified atom stereocenters. The summed E-state index contributed by atoms with van der Waals surface area (Å²) in [6.07, 6.45) is 1.58. The number of Topliss-reactive ketones (excluding diaryl/α,β-unsaturated/α-hetero) is 1. The largest absolute Gasteiger partial charge is 0.487 e. The van der Waals surface area contributed by atoms with E-state index in [1.165, 1.54) is 19.2 Å². The molecule has 2 aromatic carbocycles. The predicted octanol–water partition coefficient (Wildman–Crippen LogP) is 5.39. The second-order valence-electron chi connectivity index (χ2n) is 7.65. The number of hydrogen-bond acceptors (Lipinski definition) is 6. The van der Waals surface area contributed by atoms with Crippen molar-refractivity contribution < 1.29 is 28.2 Å². The van der Waals surface area contributed by atoms with Gasteiger partial charge in [-0.05, 0) is 73.7 Å². The molecule has 0 aromatic heterocycles. The van der Waals surface area contributed by atoms with Gasteiger partial charge in [0.15, 0.2) is 5.78 Å². The fourth-order valence-electron chi connectivity index (χ4n) is 4.06. The molecule has 9 heteroatoms. The quantitative estimate of drug-likeness (QED) is 0.477. The van der Waals surface area contributed by atoms with E-state index < -0.39 is 11.9 Å². The Morgan fingerprint density at radius 2 is 1.94 bits per heavy atom. The molecule has 0 spiro atoms. The van der Waals surface area contributed by atoms with Crippen LogP contribution in [0.15, 0.2) is 68.1 Å². The number of esters is 1. The third-order valence-electron chi connectivity index (χ3n) is 5.52. The van der Waals surface area contributed by atoms with Crippen LogP contribution in [0.5, 0.6) is 5.75 Å². The third kappa shape index (κ3) is 4.70. The van der Waals surface area contributed by atoms with Crippen LogP contribution in [0.1, 0.15) is 36.3 Å². The first kappa shape index (κ1) is 23.5. The van der Waals surface area contributed by atoms with Crippen molar-refractivity contribution in [3.63, 3.8) is 0 Å². The second-order valence-corrected chi connectivity index (χ2v) is 9.36. The van der Waals surface area contributed by atoms with E-state index in [-0.39, 0.29) is 29.7 Å². The molecule has 4 rings (SSSR count). The van der Waals surface area contributed by atoms with Gasteiger partial charge in [0.2, 0.25) is 5.88 Å². The van der Waals surface area contributed by atoms with Gasteiger partial charge in [-0.3, -0.25) is 4.79 Å². The van der Waals surface area contributed by atoms with E-state index in [1.54, 1.807) is 24.3 Å². The van der Waals surface area contributed by atoms with Crippen molar-refractivity contribution in [3.8, 4) is 5.75 Å². The standard InChI is InChI=1S/C24H20Br2FNO5/c1-31-24(30)21-19(20-17(29)6-3-7-18(20)33-23(21)28)13-9-15(25)22(16(26)10-13)32-11-12-4-2-5-14(27)8-12/h2,4-5,8-10,19H,3,6-7,11,28H2,1H3/t19-/m0/s1. The van der Waals surface area contributed by atoms with Gasteiger partial charge in [-0.15, -0.1) is 0 Å². The minimum absolute atomic E-state index is 0.0704. The Labute approximate surface area is 206 Å². The zero-order chi connectivity index (χ0) is 23.7. The first-order chi connectivity index (χ1) is 15.8. The number of methoxy groups -OCH3 is 1. The normalized spacial score (nSPS) is 18.1. The summed E-state index contributed by atoms with van der Waals surface area (Å²) in [5.74, 6) is -0.922. The number of carbonyl (C=O) groups excluding carboxylic acids is 2. The maximum atomic E-state index is 13.5. The van der Waals surface area contributed by atoms with Crippen molar-refractivity contribution in [3.05, 3.63) is 85.1 Å². The Morgan fingerprint density at radius 3 is 2.61 bits per heavy atom. The van der Waals surface area contributed by atoms with Gasteiger partial charge in [-0.1, -0.05) is 12.1 Å². The summed E-state index contributed by atoms with van der Waals surface area (Å²) in [4.78, 5) is 25.5. The van der Waals surface area contributed by atoms with Gasteiger partial charge in [0.1, 0.15) is 29.5 Å². The number of rotatable bonds is 5. The maximum absolute atomic E-state index is 13.5. The van der Waals surface area contributed by atoms with E-state index in [4.69, 9.17) is 19.9 Å². The molecule has 0 bridgehead atoms. The predicted molar refractivity (Wildman–Crippen MR) is 126 cm³/mol. The van der Waals surface area contributed by atoms with Gasteiger partial charge < -0.3 is 19.9 Å². The van der Waals surface area contributed by atoms with Crippen LogP contribution < -0.4 is 10.5 Å². The Bertz CT molecular complexity index is 1180. The lowest BCUT2D eigenvalue weighted by Crippen LogP contribution is -2.31. The number of ketones is 1. The van der Waals surface area contributed by atoms with E-state index in [2.05, 4.69) is 31.9 Å². The molecule has 0 saturated carbocycles. The number of hydrogen-bond donors (Lipinski definition) is 1. The molecule has 1 heterocycles. The van der Waals surface area contributed by atoms with Crippen molar-refractivity contribution in [2.24, 2.45) is 5.73 Å². The number of ether oxygens (including phenoxy) is 3. The van der Waals surface area contributed by atoms with Crippen molar-refractivity contribution in [1.29, 1.82) is 0 Å². The highest BCUT2D eigenvalue weighted by Crippen LogP contribution is 2.46. The molecule has 0 amide bonds. The van der Waals surface area contributed by atoms with Crippen LogP contribution in [0.4, 0.5) is 4.39 Å². The topological polar surface area (TPSA) is 87.9 Å². The van der Waals surface area contributed by atoms with Crippen LogP contribution in [0.2, 0.25) is 0 Å². The lowest BCUT2D eigenvalue weighted by molar-refractivity contribution is -0.136. The van der Waals surface area contributed by atoms with Gasteiger partial charge in [0, 0.05) is 18.4 Å². The smallest absolute Gasteiger partial charge is 0.340 e. The van der Waals surface area contributed by atoms with Gasteiger partial charge in [0.05, 0.1) is 22.0 Å². The van der Waals surface area contributed by atoms with Gasteiger partial charge in [-0.2, -0.15) is 0 Å². The lowest BCUT2D eigenvalue weighted by Gasteiger charge is -2.32. The van der Waals surface area contributed by atoms with E-state index in [9.17, 15) is 14.0 Å². The molecule has 172 valence electrons. The number of benzene rings is 2. The summed E-state index contributed by atoms with van der Waals surface area (Å²) in [7, 11) is 1.25. The third-order valence-corrected chi connectivity index (χ3v) is 6.69. The number of carbonyl (C=O) groups is 2. The van der Waals surface area contributed by atoms with Crippen LogP contribution >= 0.6 is 31.9 Å². The number of allylic oxidation sites excluding steroid dienone is 2. The molecule has 2 N–H and O–H groups in total. The number of nitrogens with two attached hydrogens (primary N) is 1. The molecule has 0 radical (unpaired) electrons. The Morgan fingerprint density at radius 1 is 1.21 bits per heavy atom. The van der Waals surface area contributed by atoms with Gasteiger partial charge in [0.25, 0.3) is 0 Å². The second kappa shape index (κ2) is 9.69. The Balaban J connectivity index is 1.74. The molecule has 0 saturated heterocycles. The first-order valence-electron chi connectivity index (χ1n) is 10.2. The van der Waals surface area contributed by atoms with Crippen molar-refractivity contribution in [2.75, 3.05) is 7.11 Å². The molecule has 33 heavy (non-hydrogen) atoms. The monoisotopic (exact) mass is 579 g/mol. The molecule has 2 aliphatic rings. The highest BCUT2D eigenvalue weighted by Gasteiger charge is 2.41. The highest BCUT2D eigenvalue weighted by molar-refractivity contribution is 9.11. The number of halogens is 3. The minimum atomic E-state index is -0.737. The zero-order valence-electron chi connectivity index (χ0n) is 17.6. The van der Waals surface area contributed by atoms with Crippen molar-refractivity contribution >= 4 is 43.6 Å². The van der Waals surface area contributed by atoms with Gasteiger partial charge >= 0.3 is 5.97 Å². The van der Waals surface area contributed by atoms with Crippen molar-refractivity contribution in [1.82, 2.24) is 0 Å². The van der Waals surface area contributed by atoms with Crippen LogP contribution in [0.25, 0.3) is 0 Å². The lowest BCUT2D eigenvalue weighted by atomic mass is 9.77. The Hall–Kier alpha value is -2.65. The first-order valence-corrected chi connectivity index (χ1v) is 11.8. The average Bonchev–Trinajstić information content (AvgIpc) is 2.77. The molecular formula is C24H20Br2FNO5. The summed E-state index contributed by atoms with van der Waals surface area (Å²) in [5.41, 5.74) is 7.91. The molecule has 1 aliphatic carbocycles. The van der Waals surface area contributed by atoms with E-state index in [0.29, 0.717) is 56.4 Å². The fraction of sp³-hybridized carbons (Fsp3) is 0.250. The SMILES string of the molecule is COC(=O)C1=C(N)OC2=C(C(=O)CCC2)[C@@H]1c1cc(Br)c(OCc2cccc(F)c2)c(Br)c1. The Kier molecular flexibility index (Phi) is 6.90. The van der Waals surface area contributed by atoms with E-state index >= 15 is 0 Å². The van der Waals surface area contributed by atoms with E-state index in [1.807, 2.05) is 0 Å². The fourth-order valence-corrected chi connectivity index (χ4v) is 5.52. The van der Waals surface area contributed by atoms with Gasteiger partial charge in [-0.25, -0.2) is 9.18 Å². The molecule has 1 aliphatic heterocycles. The summed E-state index contributed by atoms with van der Waals surface area (Å²) < 4.78 is 31.2. The summed E-state index contributed by atoms with van der Waals surface area (Å²) in [6, 6.07) is 9.68. The maximum Gasteiger partial charge on any atom is 0.340 e. The average molecular weight is 581 g/mol. The summed E-state index contributed by atoms with van der Waals surface area (Å²) in [5, 5.41) is 0. The highest BCUT2D eigenvalue weighted by atomic mass is 79.9. The van der Waals surface area contributed by atoms with E-state index in [0.717, 1.165) is 0 Å². The minimum Gasteiger partial charge on any atom is -0.487 e. The molecule has 2 aromatic rings. The van der Waals surface area contributed by atoms with Crippen LogP contribution in [0.3, 0.4) is 0 Å². The van der Waals surface area contributed by atoms with Crippen LogP contribution in [0, 0.1) is 5.82 Å². The molecule has 0 fully saturated rings. The van der Waals surface area contributed by atoms with Crippen molar-refractivity contribution in [2.45, 2.75) is 31.8 Å². The van der Waals surface area contributed by atoms with Crippen LogP contribution in [-0.4, -0.2) is 18.9 Å². The molecule has 6 nitrogen and oxygen atoms in total.